The molecule has 7 nitrogen and oxygen atoms in total. The van der Waals surface area contributed by atoms with Gasteiger partial charge in [0.1, 0.15) is 0 Å². The summed E-state index contributed by atoms with van der Waals surface area (Å²) in [6.07, 6.45) is 5.34. The molecule has 2 N–H and O–H groups in total. The molecule has 0 aliphatic heterocycles. The lowest BCUT2D eigenvalue weighted by Gasteiger charge is -2.23. The summed E-state index contributed by atoms with van der Waals surface area (Å²) in [6.45, 7) is 4.23. The lowest BCUT2D eigenvalue weighted by atomic mass is 9.95. The lowest BCUT2D eigenvalue weighted by Crippen LogP contribution is -2.36. The van der Waals surface area contributed by atoms with Crippen molar-refractivity contribution in [2.24, 2.45) is 0 Å². The number of benzene rings is 2. The Morgan fingerprint density at radius 1 is 0.938 bits per heavy atom. The Balaban J connectivity index is 1.79. The van der Waals surface area contributed by atoms with Gasteiger partial charge in [0.2, 0.25) is 10.0 Å². The number of carbonyl (C=O) groups is 2. The maximum atomic E-state index is 12.9. The van der Waals surface area contributed by atoms with Gasteiger partial charge in [-0.1, -0.05) is 51.3 Å². The van der Waals surface area contributed by atoms with E-state index < -0.39 is 15.9 Å². The molecule has 1 saturated carbocycles. The van der Waals surface area contributed by atoms with Gasteiger partial charge in [-0.15, -0.1) is 0 Å². The van der Waals surface area contributed by atoms with E-state index in [0.29, 0.717) is 24.3 Å². The number of hydrogen-bond acceptors (Lipinski definition) is 4. The van der Waals surface area contributed by atoms with Gasteiger partial charge in [0.15, 0.2) is 0 Å². The van der Waals surface area contributed by atoms with Crippen LogP contribution in [-0.2, 0) is 10.0 Å². The van der Waals surface area contributed by atoms with Gasteiger partial charge in [0, 0.05) is 24.7 Å². The van der Waals surface area contributed by atoms with Crippen LogP contribution in [0.15, 0.2) is 53.4 Å². The third-order valence-corrected chi connectivity index (χ3v) is 7.85. The minimum absolute atomic E-state index is 0.0668. The van der Waals surface area contributed by atoms with E-state index in [4.69, 9.17) is 0 Å². The molecular formula is C24H31N3O4S. The normalized spacial score (nSPS) is 14.8. The maximum absolute atomic E-state index is 12.9. The molecule has 0 heterocycles. The Bertz CT molecular complexity index is 1060. The second-order valence-corrected chi connectivity index (χ2v) is 9.86. The first-order valence-corrected chi connectivity index (χ1v) is 12.6. The van der Waals surface area contributed by atoms with Gasteiger partial charge < -0.3 is 10.6 Å². The molecule has 0 unspecified atom stereocenters. The highest BCUT2D eigenvalue weighted by Gasteiger charge is 2.23. The number of rotatable bonds is 8. The first-order valence-electron chi connectivity index (χ1n) is 11.2. The zero-order valence-electron chi connectivity index (χ0n) is 18.6. The molecule has 0 radical (unpaired) electrons. The third kappa shape index (κ3) is 5.55. The first-order chi connectivity index (χ1) is 15.4. The highest BCUT2D eigenvalue weighted by molar-refractivity contribution is 7.89. The van der Waals surface area contributed by atoms with E-state index in [1.165, 1.54) is 22.9 Å². The van der Waals surface area contributed by atoms with Gasteiger partial charge in [0.05, 0.1) is 16.1 Å². The van der Waals surface area contributed by atoms with E-state index in [2.05, 4.69) is 10.6 Å². The molecule has 0 atom stereocenters. The van der Waals surface area contributed by atoms with Crippen molar-refractivity contribution in [3.05, 3.63) is 59.7 Å². The topological polar surface area (TPSA) is 95.6 Å². The van der Waals surface area contributed by atoms with Crippen LogP contribution in [0.1, 0.15) is 66.7 Å². The van der Waals surface area contributed by atoms with Crippen LogP contribution in [0.2, 0.25) is 0 Å². The highest BCUT2D eigenvalue weighted by Crippen LogP contribution is 2.22. The Kier molecular flexibility index (Phi) is 8.04. The Hall–Kier alpha value is -2.71. The van der Waals surface area contributed by atoms with E-state index in [1.54, 1.807) is 50.2 Å². The van der Waals surface area contributed by atoms with Crippen molar-refractivity contribution >= 4 is 27.5 Å². The van der Waals surface area contributed by atoms with E-state index in [9.17, 15) is 18.0 Å². The molecular weight excluding hydrogens is 426 g/mol. The molecule has 2 aromatic rings. The minimum atomic E-state index is -3.68. The molecule has 32 heavy (non-hydrogen) atoms. The van der Waals surface area contributed by atoms with Gasteiger partial charge in [-0.3, -0.25) is 9.59 Å². The van der Waals surface area contributed by atoms with E-state index in [0.717, 1.165) is 25.7 Å². The van der Waals surface area contributed by atoms with Crippen molar-refractivity contribution in [1.29, 1.82) is 0 Å². The van der Waals surface area contributed by atoms with Crippen LogP contribution in [0.3, 0.4) is 0 Å². The average Bonchev–Trinajstić information content (AvgIpc) is 2.80. The molecule has 1 aliphatic rings. The monoisotopic (exact) mass is 457 g/mol. The molecule has 1 fully saturated rings. The molecule has 2 aromatic carbocycles. The van der Waals surface area contributed by atoms with Gasteiger partial charge >= 0.3 is 0 Å². The fraction of sp³-hybridized carbons (Fsp3) is 0.417. The van der Waals surface area contributed by atoms with Crippen LogP contribution in [0.4, 0.5) is 5.69 Å². The third-order valence-electron chi connectivity index (χ3n) is 5.80. The zero-order chi connectivity index (χ0) is 23.1. The molecule has 0 spiro atoms. The van der Waals surface area contributed by atoms with E-state index in [1.807, 2.05) is 0 Å². The molecule has 1 aliphatic carbocycles. The van der Waals surface area contributed by atoms with Crippen molar-refractivity contribution in [3.8, 4) is 0 Å². The number of para-hydroxylation sites is 1. The SMILES string of the molecule is CCN(CC)S(=O)(=O)c1cccc(C(=O)Nc2ccccc2C(=O)NC2CCCCC2)c1. The van der Waals surface area contributed by atoms with Gasteiger partial charge in [-0.25, -0.2) is 8.42 Å². The number of carbonyl (C=O) groups excluding carboxylic acids is 2. The Morgan fingerprint density at radius 3 is 2.31 bits per heavy atom. The van der Waals surface area contributed by atoms with Crippen LogP contribution < -0.4 is 10.6 Å². The fourth-order valence-corrected chi connectivity index (χ4v) is 5.51. The average molecular weight is 458 g/mol. The molecule has 3 rings (SSSR count). The number of nitrogens with one attached hydrogen (secondary N) is 2. The van der Waals surface area contributed by atoms with Crippen LogP contribution >= 0.6 is 0 Å². The summed E-state index contributed by atoms with van der Waals surface area (Å²) in [6, 6.07) is 13.0. The zero-order valence-corrected chi connectivity index (χ0v) is 19.5. The van der Waals surface area contributed by atoms with Gasteiger partial charge in [-0.2, -0.15) is 4.31 Å². The smallest absolute Gasteiger partial charge is 0.255 e. The van der Waals surface area contributed by atoms with E-state index >= 15 is 0 Å². The van der Waals surface area contributed by atoms with Crippen molar-refractivity contribution in [2.75, 3.05) is 18.4 Å². The summed E-state index contributed by atoms with van der Waals surface area (Å²) in [7, 11) is -3.68. The van der Waals surface area contributed by atoms with Crippen LogP contribution in [0.25, 0.3) is 0 Å². The summed E-state index contributed by atoms with van der Waals surface area (Å²) in [5.41, 5.74) is 0.988. The lowest BCUT2D eigenvalue weighted by molar-refractivity contribution is 0.0928. The Labute approximate surface area is 190 Å². The first kappa shape index (κ1) is 23.9. The fourth-order valence-electron chi connectivity index (χ4n) is 4.01. The van der Waals surface area contributed by atoms with Crippen LogP contribution in [0.5, 0.6) is 0 Å². The van der Waals surface area contributed by atoms with Gasteiger partial charge in [-0.05, 0) is 43.2 Å². The summed E-state index contributed by atoms with van der Waals surface area (Å²) >= 11 is 0. The molecule has 172 valence electrons. The highest BCUT2D eigenvalue weighted by atomic mass is 32.2. The van der Waals surface area contributed by atoms with Gasteiger partial charge in [0.25, 0.3) is 11.8 Å². The Morgan fingerprint density at radius 2 is 1.62 bits per heavy atom. The summed E-state index contributed by atoms with van der Waals surface area (Å²) in [5, 5.41) is 5.84. The predicted molar refractivity (Wildman–Crippen MR) is 125 cm³/mol. The van der Waals surface area contributed by atoms with Crippen molar-refractivity contribution in [1.82, 2.24) is 9.62 Å². The quantitative estimate of drug-likeness (QED) is 0.626. The minimum Gasteiger partial charge on any atom is -0.349 e. The standard InChI is InChI=1S/C24H31N3O4S/c1-3-27(4-2)32(30,31)20-14-10-11-18(17-20)23(28)26-22-16-9-8-15-21(22)24(29)25-19-12-6-5-7-13-19/h8-11,14-17,19H,3-7,12-13H2,1-2H3,(H,25,29)(H,26,28). The second kappa shape index (κ2) is 10.7. The van der Waals surface area contributed by atoms with E-state index in [-0.39, 0.29) is 22.4 Å². The van der Waals surface area contributed by atoms with Crippen LogP contribution in [-0.4, -0.2) is 43.7 Å². The number of nitrogens with zero attached hydrogens (tertiary/aromatic N) is 1. The summed E-state index contributed by atoms with van der Waals surface area (Å²) < 4.78 is 26.9. The largest absolute Gasteiger partial charge is 0.349 e. The summed E-state index contributed by atoms with van der Waals surface area (Å²) in [5.74, 6) is -0.690. The maximum Gasteiger partial charge on any atom is 0.255 e. The number of hydrogen-bond donors (Lipinski definition) is 2. The molecule has 0 saturated heterocycles. The summed E-state index contributed by atoms with van der Waals surface area (Å²) in [4.78, 5) is 25.8. The second-order valence-electron chi connectivity index (χ2n) is 7.93. The number of sulfonamides is 1. The number of amides is 2. The van der Waals surface area contributed by atoms with Crippen molar-refractivity contribution < 1.29 is 18.0 Å². The molecule has 0 aromatic heterocycles. The molecule has 2 amide bonds. The van der Waals surface area contributed by atoms with Crippen molar-refractivity contribution in [3.63, 3.8) is 0 Å². The molecule has 0 bridgehead atoms. The van der Waals surface area contributed by atoms with Crippen LogP contribution in [0, 0.1) is 0 Å². The predicted octanol–water partition coefficient (Wildman–Crippen LogP) is 4.03. The molecule has 8 heteroatoms. The number of anilines is 1. The van der Waals surface area contributed by atoms with Crippen molar-refractivity contribution in [2.45, 2.75) is 56.9 Å².